The number of hydrogen-bond acceptors (Lipinski definition) is 1. The van der Waals surface area contributed by atoms with Gasteiger partial charge in [0, 0.05) is 19.5 Å². The first kappa shape index (κ1) is 11.5. The fourth-order valence-electron chi connectivity index (χ4n) is 1.99. The van der Waals surface area contributed by atoms with E-state index >= 15 is 0 Å². The van der Waals surface area contributed by atoms with Gasteiger partial charge >= 0.3 is 0 Å². The molecule has 2 nitrogen and oxygen atoms in total. The highest BCUT2D eigenvalue weighted by Crippen LogP contribution is 2.13. The summed E-state index contributed by atoms with van der Waals surface area (Å²) in [4.78, 5) is 2.27. The zero-order chi connectivity index (χ0) is 10.4. The molecule has 0 aromatic heterocycles. The molecule has 0 spiro atoms. The van der Waals surface area contributed by atoms with Gasteiger partial charge in [0.1, 0.15) is 0 Å². The van der Waals surface area contributed by atoms with Crippen molar-refractivity contribution in [3.63, 3.8) is 0 Å². The largest absolute Gasteiger partial charge is 0.361 e. The number of amidine groups is 1. The predicted molar refractivity (Wildman–Crippen MR) is 61.8 cm³/mol. The van der Waals surface area contributed by atoms with E-state index < -0.39 is 0 Å². The highest BCUT2D eigenvalue weighted by atomic mass is 15.2. The topological polar surface area (TPSA) is 27.1 Å². The molecule has 0 aromatic rings. The zero-order valence-electron chi connectivity index (χ0n) is 9.68. The fourth-order valence-corrected chi connectivity index (χ4v) is 1.99. The summed E-state index contributed by atoms with van der Waals surface area (Å²) >= 11 is 0. The van der Waals surface area contributed by atoms with Crippen LogP contribution in [0.15, 0.2) is 0 Å². The van der Waals surface area contributed by atoms with Crippen LogP contribution in [0.1, 0.15) is 52.4 Å². The molecular weight excluding hydrogens is 172 g/mol. The van der Waals surface area contributed by atoms with Crippen LogP contribution in [0.4, 0.5) is 0 Å². The lowest BCUT2D eigenvalue weighted by molar-refractivity contribution is 0.352. The molecule has 1 rings (SSSR count). The summed E-state index contributed by atoms with van der Waals surface area (Å²) in [7, 11) is 0. The van der Waals surface area contributed by atoms with Gasteiger partial charge in [-0.2, -0.15) is 0 Å². The molecule has 0 amide bonds. The van der Waals surface area contributed by atoms with Crippen LogP contribution in [-0.2, 0) is 0 Å². The predicted octanol–water partition coefficient (Wildman–Crippen LogP) is 3.28. The summed E-state index contributed by atoms with van der Waals surface area (Å²) in [6, 6.07) is 0. The summed E-state index contributed by atoms with van der Waals surface area (Å²) in [6.07, 6.45) is 7.43. The van der Waals surface area contributed by atoms with Crippen molar-refractivity contribution in [3.8, 4) is 0 Å². The van der Waals surface area contributed by atoms with Crippen molar-refractivity contribution in [1.29, 1.82) is 5.41 Å². The summed E-state index contributed by atoms with van der Waals surface area (Å²) < 4.78 is 0. The second-order valence-electron chi connectivity index (χ2n) is 4.78. The Morgan fingerprint density at radius 2 is 2.07 bits per heavy atom. The quantitative estimate of drug-likeness (QED) is 0.671. The highest BCUT2D eigenvalue weighted by Gasteiger charge is 2.13. The van der Waals surface area contributed by atoms with E-state index in [4.69, 9.17) is 5.41 Å². The van der Waals surface area contributed by atoms with E-state index in [2.05, 4.69) is 18.7 Å². The number of likely N-dealkylation sites (tertiary alicyclic amines) is 1. The Hall–Kier alpha value is -0.530. The van der Waals surface area contributed by atoms with E-state index in [9.17, 15) is 0 Å². The molecule has 14 heavy (non-hydrogen) atoms. The molecule has 1 aliphatic heterocycles. The summed E-state index contributed by atoms with van der Waals surface area (Å²) in [5, 5.41) is 7.79. The van der Waals surface area contributed by atoms with E-state index in [0.29, 0.717) is 0 Å². The fraction of sp³-hybridized carbons (Fsp3) is 0.917. The highest BCUT2D eigenvalue weighted by molar-refractivity contribution is 5.79. The van der Waals surface area contributed by atoms with Crippen LogP contribution >= 0.6 is 0 Å². The standard InChI is InChI=1S/C12H24N2/c1-11(2)7-3-5-9-14-10-6-4-8-12(14)13/h11,13H,3-10H2,1-2H3. The smallest absolute Gasteiger partial charge is 0.0957 e. The van der Waals surface area contributed by atoms with Gasteiger partial charge in [-0.1, -0.05) is 26.7 Å². The van der Waals surface area contributed by atoms with Gasteiger partial charge in [0.25, 0.3) is 0 Å². The zero-order valence-corrected chi connectivity index (χ0v) is 9.68. The van der Waals surface area contributed by atoms with Crippen molar-refractivity contribution in [3.05, 3.63) is 0 Å². The second kappa shape index (κ2) is 6.05. The second-order valence-corrected chi connectivity index (χ2v) is 4.78. The monoisotopic (exact) mass is 196 g/mol. The molecule has 82 valence electrons. The van der Waals surface area contributed by atoms with E-state index in [1.165, 1.54) is 32.1 Å². The summed E-state index contributed by atoms with van der Waals surface area (Å²) in [5.74, 6) is 1.71. The minimum Gasteiger partial charge on any atom is -0.361 e. The molecule has 1 fully saturated rings. The Balaban J connectivity index is 2.07. The van der Waals surface area contributed by atoms with Crippen LogP contribution in [0, 0.1) is 11.3 Å². The van der Waals surface area contributed by atoms with Crippen LogP contribution in [0.3, 0.4) is 0 Å². The lowest BCUT2D eigenvalue weighted by atomic mass is 10.1. The lowest BCUT2D eigenvalue weighted by Gasteiger charge is -2.29. The SMILES string of the molecule is CC(C)CCCCN1CCCCC1=N. The van der Waals surface area contributed by atoms with Crippen molar-refractivity contribution in [1.82, 2.24) is 4.90 Å². The van der Waals surface area contributed by atoms with Gasteiger partial charge in [0.05, 0.1) is 5.84 Å². The Kier molecular flexibility index (Phi) is 4.99. The molecule has 1 heterocycles. The maximum atomic E-state index is 7.79. The van der Waals surface area contributed by atoms with Gasteiger partial charge in [-0.3, -0.25) is 5.41 Å². The van der Waals surface area contributed by atoms with Crippen LogP contribution in [0.5, 0.6) is 0 Å². The van der Waals surface area contributed by atoms with Gasteiger partial charge in [-0.25, -0.2) is 0 Å². The van der Waals surface area contributed by atoms with E-state index in [1.54, 1.807) is 0 Å². The number of hydrogen-bond donors (Lipinski definition) is 1. The molecule has 0 radical (unpaired) electrons. The minimum absolute atomic E-state index is 0.829. The molecule has 0 aromatic carbocycles. The Bertz CT molecular complexity index is 175. The first-order valence-corrected chi connectivity index (χ1v) is 6.02. The molecule has 2 heteroatoms. The van der Waals surface area contributed by atoms with Crippen LogP contribution in [-0.4, -0.2) is 23.8 Å². The normalized spacial score (nSPS) is 17.9. The minimum atomic E-state index is 0.829. The van der Waals surface area contributed by atoms with Crippen LogP contribution < -0.4 is 0 Å². The maximum Gasteiger partial charge on any atom is 0.0957 e. The van der Waals surface area contributed by atoms with E-state index in [-0.39, 0.29) is 0 Å². The van der Waals surface area contributed by atoms with Crippen molar-refractivity contribution >= 4 is 5.84 Å². The lowest BCUT2D eigenvalue weighted by Crippen LogP contribution is -2.35. The first-order chi connectivity index (χ1) is 6.70. The number of rotatable bonds is 5. The van der Waals surface area contributed by atoms with Crippen molar-refractivity contribution in [2.24, 2.45) is 5.92 Å². The van der Waals surface area contributed by atoms with Gasteiger partial charge in [0.2, 0.25) is 0 Å². The van der Waals surface area contributed by atoms with Crippen LogP contribution in [0.25, 0.3) is 0 Å². The molecule has 1 saturated heterocycles. The Labute approximate surface area is 88.2 Å². The first-order valence-electron chi connectivity index (χ1n) is 6.02. The Morgan fingerprint density at radius 3 is 2.71 bits per heavy atom. The molecular formula is C12H24N2. The molecule has 0 unspecified atom stereocenters. The number of piperidine rings is 1. The maximum absolute atomic E-state index is 7.79. The van der Waals surface area contributed by atoms with Gasteiger partial charge in [-0.05, 0) is 25.2 Å². The van der Waals surface area contributed by atoms with Gasteiger partial charge < -0.3 is 4.90 Å². The van der Waals surface area contributed by atoms with Crippen molar-refractivity contribution < 1.29 is 0 Å². The molecule has 0 saturated carbocycles. The van der Waals surface area contributed by atoms with Crippen molar-refractivity contribution in [2.45, 2.75) is 52.4 Å². The molecule has 1 aliphatic rings. The van der Waals surface area contributed by atoms with E-state index in [0.717, 1.165) is 31.3 Å². The molecule has 1 N–H and O–H groups in total. The van der Waals surface area contributed by atoms with Gasteiger partial charge in [-0.15, -0.1) is 0 Å². The number of unbranched alkanes of at least 4 members (excludes halogenated alkanes) is 1. The third-order valence-corrected chi connectivity index (χ3v) is 2.93. The van der Waals surface area contributed by atoms with E-state index in [1.807, 2.05) is 0 Å². The average Bonchev–Trinajstić information content (AvgIpc) is 2.15. The van der Waals surface area contributed by atoms with Crippen LogP contribution in [0.2, 0.25) is 0 Å². The summed E-state index contributed by atoms with van der Waals surface area (Å²) in [6.45, 7) is 6.80. The number of nitrogens with one attached hydrogen (secondary N) is 1. The third kappa shape index (κ3) is 4.12. The van der Waals surface area contributed by atoms with Crippen molar-refractivity contribution in [2.75, 3.05) is 13.1 Å². The molecule has 0 bridgehead atoms. The molecule has 0 atom stereocenters. The summed E-state index contributed by atoms with van der Waals surface area (Å²) in [5.41, 5.74) is 0. The van der Waals surface area contributed by atoms with Gasteiger partial charge in [0.15, 0.2) is 0 Å². The third-order valence-electron chi connectivity index (χ3n) is 2.93. The average molecular weight is 196 g/mol. The Morgan fingerprint density at radius 1 is 1.29 bits per heavy atom. The number of nitrogens with zero attached hydrogens (tertiary/aromatic N) is 1. The molecule has 0 aliphatic carbocycles.